The number of hydrogen-bond donors (Lipinski definition) is 1. The molecule has 9 heteroatoms. The number of nitrogens with one attached hydrogen (secondary N) is 1. The number of hydrogen-bond acceptors (Lipinski definition) is 4. The average molecular weight is 615 g/mol. The highest BCUT2D eigenvalue weighted by molar-refractivity contribution is 9.10. The van der Waals surface area contributed by atoms with Gasteiger partial charge in [-0.15, -0.1) is 0 Å². The number of carbonyl (C=O) groups excluding carboxylic acids is 2. The number of benzene rings is 3. The fourth-order valence-corrected chi connectivity index (χ4v) is 6.11. The van der Waals surface area contributed by atoms with Gasteiger partial charge in [-0.1, -0.05) is 71.7 Å². The Kier molecular flexibility index (Phi) is 10.7. The molecule has 3 rings (SSSR count). The first-order chi connectivity index (χ1) is 18.5. The van der Waals surface area contributed by atoms with Gasteiger partial charge in [0.1, 0.15) is 12.6 Å². The minimum Gasteiger partial charge on any atom is -0.354 e. The number of rotatable bonds is 12. The van der Waals surface area contributed by atoms with E-state index in [4.69, 9.17) is 0 Å². The Morgan fingerprint density at radius 2 is 1.69 bits per heavy atom. The van der Waals surface area contributed by atoms with Gasteiger partial charge in [-0.25, -0.2) is 8.42 Å². The molecule has 0 bridgehead atoms. The lowest BCUT2D eigenvalue weighted by molar-refractivity contribution is -0.139. The molecule has 0 heterocycles. The van der Waals surface area contributed by atoms with E-state index in [1.54, 1.807) is 31.2 Å². The smallest absolute Gasteiger partial charge is 0.264 e. The summed E-state index contributed by atoms with van der Waals surface area (Å²) in [5.74, 6) is -0.760. The monoisotopic (exact) mass is 613 g/mol. The number of sulfonamides is 1. The van der Waals surface area contributed by atoms with E-state index in [9.17, 15) is 18.0 Å². The first-order valence-electron chi connectivity index (χ1n) is 13.0. The van der Waals surface area contributed by atoms with Crippen LogP contribution >= 0.6 is 15.9 Å². The van der Waals surface area contributed by atoms with Crippen molar-refractivity contribution in [3.05, 3.63) is 94.0 Å². The lowest BCUT2D eigenvalue weighted by Gasteiger charge is -2.32. The third-order valence-electron chi connectivity index (χ3n) is 6.48. The number of unbranched alkanes of at least 4 members (excludes halogenated alkanes) is 1. The van der Waals surface area contributed by atoms with E-state index in [1.807, 2.05) is 57.2 Å². The third kappa shape index (κ3) is 7.92. The lowest BCUT2D eigenvalue weighted by atomic mass is 10.1. The zero-order valence-corrected chi connectivity index (χ0v) is 25.3. The van der Waals surface area contributed by atoms with E-state index >= 15 is 0 Å². The maximum Gasteiger partial charge on any atom is 0.264 e. The molecule has 0 aliphatic carbocycles. The molecule has 0 aromatic heterocycles. The van der Waals surface area contributed by atoms with Crippen LogP contribution in [0.5, 0.6) is 0 Å². The van der Waals surface area contributed by atoms with Crippen LogP contribution in [-0.2, 0) is 26.2 Å². The highest BCUT2D eigenvalue weighted by Gasteiger charge is 2.33. The molecule has 0 spiro atoms. The van der Waals surface area contributed by atoms with Crippen molar-refractivity contribution >= 4 is 43.5 Å². The van der Waals surface area contributed by atoms with Gasteiger partial charge in [-0.2, -0.15) is 0 Å². The van der Waals surface area contributed by atoms with Gasteiger partial charge >= 0.3 is 0 Å². The second-order valence-electron chi connectivity index (χ2n) is 9.59. The van der Waals surface area contributed by atoms with Crippen LogP contribution in [-0.4, -0.2) is 44.3 Å². The summed E-state index contributed by atoms with van der Waals surface area (Å²) in [6.45, 7) is 7.60. The predicted octanol–water partition coefficient (Wildman–Crippen LogP) is 5.59. The molecule has 0 aliphatic rings. The summed E-state index contributed by atoms with van der Waals surface area (Å²) in [5, 5.41) is 2.90. The number of halogens is 1. The molecule has 0 aliphatic heterocycles. The number of aryl methyl sites for hydroxylation is 2. The van der Waals surface area contributed by atoms with Crippen LogP contribution in [0.15, 0.2) is 82.2 Å². The first-order valence-corrected chi connectivity index (χ1v) is 15.2. The quantitative estimate of drug-likeness (QED) is 0.270. The molecule has 208 valence electrons. The van der Waals surface area contributed by atoms with Gasteiger partial charge in [0.15, 0.2) is 0 Å². The summed E-state index contributed by atoms with van der Waals surface area (Å²) in [4.78, 5) is 28.6. The summed E-state index contributed by atoms with van der Waals surface area (Å²) in [5.41, 5.74) is 2.83. The topological polar surface area (TPSA) is 86.8 Å². The number of anilines is 1. The van der Waals surface area contributed by atoms with Crippen LogP contribution in [0.4, 0.5) is 5.69 Å². The molecule has 0 saturated carbocycles. The fourth-order valence-electron chi connectivity index (χ4n) is 4.17. The van der Waals surface area contributed by atoms with Crippen molar-refractivity contribution in [3.8, 4) is 0 Å². The Balaban J connectivity index is 2.03. The van der Waals surface area contributed by atoms with Crippen LogP contribution in [0.1, 0.15) is 43.4 Å². The van der Waals surface area contributed by atoms with Crippen molar-refractivity contribution in [2.24, 2.45) is 0 Å². The van der Waals surface area contributed by atoms with Gasteiger partial charge in [0, 0.05) is 17.6 Å². The summed E-state index contributed by atoms with van der Waals surface area (Å²) in [7, 11) is -4.09. The zero-order chi connectivity index (χ0) is 28.6. The van der Waals surface area contributed by atoms with E-state index in [1.165, 1.54) is 17.0 Å². The maximum atomic E-state index is 14.0. The zero-order valence-electron chi connectivity index (χ0n) is 22.9. The lowest BCUT2D eigenvalue weighted by Crippen LogP contribution is -2.51. The maximum absolute atomic E-state index is 14.0. The van der Waals surface area contributed by atoms with Crippen molar-refractivity contribution < 1.29 is 18.0 Å². The average Bonchev–Trinajstić information content (AvgIpc) is 2.92. The van der Waals surface area contributed by atoms with Crippen LogP contribution in [0, 0.1) is 13.8 Å². The highest BCUT2D eigenvalue weighted by Crippen LogP contribution is 2.28. The predicted molar refractivity (Wildman–Crippen MR) is 159 cm³/mol. The SMILES string of the molecule is CCCCNC(=O)[C@H](C)N(Cc1cccc(Br)c1)C(=O)CN(c1cc(C)ccc1C)S(=O)(=O)c1ccccc1. The Hall–Kier alpha value is -3.17. The Morgan fingerprint density at radius 1 is 0.974 bits per heavy atom. The van der Waals surface area contributed by atoms with E-state index in [0.29, 0.717) is 12.2 Å². The van der Waals surface area contributed by atoms with E-state index in [-0.39, 0.29) is 17.3 Å². The number of carbonyl (C=O) groups is 2. The summed E-state index contributed by atoms with van der Waals surface area (Å²) >= 11 is 3.46. The molecule has 39 heavy (non-hydrogen) atoms. The summed E-state index contributed by atoms with van der Waals surface area (Å²) in [6, 6.07) is 20.3. The Morgan fingerprint density at radius 3 is 2.36 bits per heavy atom. The summed E-state index contributed by atoms with van der Waals surface area (Å²) < 4.78 is 29.8. The molecule has 3 aromatic carbocycles. The fraction of sp³-hybridized carbons (Fsp3) is 0.333. The van der Waals surface area contributed by atoms with Gasteiger partial charge in [0.05, 0.1) is 10.6 Å². The minimum atomic E-state index is -4.09. The van der Waals surface area contributed by atoms with Gasteiger partial charge in [-0.05, 0) is 74.2 Å². The number of nitrogens with zero attached hydrogens (tertiary/aromatic N) is 2. The molecular formula is C30H36BrN3O4S. The van der Waals surface area contributed by atoms with Crippen molar-refractivity contribution in [2.75, 3.05) is 17.4 Å². The van der Waals surface area contributed by atoms with Gasteiger partial charge in [0.25, 0.3) is 10.0 Å². The molecular weight excluding hydrogens is 578 g/mol. The van der Waals surface area contributed by atoms with Crippen LogP contribution < -0.4 is 9.62 Å². The molecule has 1 atom stereocenters. The highest BCUT2D eigenvalue weighted by atomic mass is 79.9. The molecule has 0 fully saturated rings. The summed E-state index contributed by atoms with van der Waals surface area (Å²) in [6.07, 6.45) is 1.76. The standard InChI is InChI=1S/C30H36BrN3O4S/c1-5-6-17-32-30(36)24(4)33(20-25-11-10-12-26(31)19-25)29(35)21-34(28-18-22(2)15-16-23(28)3)39(37,38)27-13-8-7-9-14-27/h7-16,18-19,24H,5-6,17,20-21H2,1-4H3,(H,32,36)/t24-/m0/s1. The Bertz CT molecular complexity index is 1400. The van der Waals surface area contributed by atoms with Gasteiger partial charge in [-0.3, -0.25) is 13.9 Å². The second kappa shape index (κ2) is 13.8. The Labute approximate surface area is 240 Å². The van der Waals surface area contributed by atoms with Crippen LogP contribution in [0.2, 0.25) is 0 Å². The van der Waals surface area contributed by atoms with E-state index in [0.717, 1.165) is 38.3 Å². The first kappa shape index (κ1) is 30.4. The normalized spacial score (nSPS) is 12.0. The molecule has 0 unspecified atom stereocenters. The largest absolute Gasteiger partial charge is 0.354 e. The van der Waals surface area contributed by atoms with Crippen molar-refractivity contribution in [1.29, 1.82) is 0 Å². The van der Waals surface area contributed by atoms with Gasteiger partial charge < -0.3 is 10.2 Å². The molecule has 3 aromatic rings. The second-order valence-corrected chi connectivity index (χ2v) is 12.4. The third-order valence-corrected chi connectivity index (χ3v) is 8.75. The molecule has 1 N–H and O–H groups in total. The molecule has 7 nitrogen and oxygen atoms in total. The molecule has 2 amide bonds. The number of amides is 2. The molecule has 0 saturated heterocycles. The minimum absolute atomic E-state index is 0.0857. The van der Waals surface area contributed by atoms with E-state index < -0.39 is 28.5 Å². The molecule has 0 radical (unpaired) electrons. The van der Waals surface area contributed by atoms with Crippen molar-refractivity contribution in [2.45, 2.75) is 58.0 Å². The van der Waals surface area contributed by atoms with Crippen molar-refractivity contribution in [1.82, 2.24) is 10.2 Å². The van der Waals surface area contributed by atoms with E-state index in [2.05, 4.69) is 21.2 Å². The van der Waals surface area contributed by atoms with Crippen LogP contribution in [0.3, 0.4) is 0 Å². The van der Waals surface area contributed by atoms with Crippen molar-refractivity contribution in [3.63, 3.8) is 0 Å². The van der Waals surface area contributed by atoms with Gasteiger partial charge in [0.2, 0.25) is 11.8 Å². The van der Waals surface area contributed by atoms with Crippen LogP contribution in [0.25, 0.3) is 0 Å².